The van der Waals surface area contributed by atoms with Crippen molar-refractivity contribution in [3.63, 3.8) is 0 Å². The van der Waals surface area contributed by atoms with Crippen LogP contribution in [0.2, 0.25) is 0 Å². The van der Waals surface area contributed by atoms with Crippen molar-refractivity contribution in [3.8, 4) is 6.19 Å². The van der Waals surface area contributed by atoms with E-state index in [0.29, 0.717) is 11.7 Å². The van der Waals surface area contributed by atoms with Crippen LogP contribution in [0.4, 0.5) is 8.78 Å². The third kappa shape index (κ3) is 2.31. The number of hydrogen-bond acceptors (Lipinski definition) is 3. The second-order valence-electron chi connectivity index (χ2n) is 3.85. The van der Waals surface area contributed by atoms with Crippen LogP contribution in [0.25, 0.3) is 0 Å². The van der Waals surface area contributed by atoms with E-state index in [1.807, 2.05) is 0 Å². The van der Waals surface area contributed by atoms with Gasteiger partial charge in [-0.25, -0.2) is 8.78 Å². The highest BCUT2D eigenvalue weighted by molar-refractivity contribution is 8.14. The molecule has 1 fully saturated rings. The Balaban J connectivity index is 2.35. The van der Waals surface area contributed by atoms with Crippen LogP contribution in [0, 0.1) is 23.1 Å². The van der Waals surface area contributed by atoms with E-state index in [4.69, 9.17) is 5.26 Å². The first kappa shape index (κ1) is 12.8. The zero-order chi connectivity index (χ0) is 13.1. The number of amidine groups is 1. The van der Waals surface area contributed by atoms with Crippen molar-refractivity contribution in [1.82, 2.24) is 4.90 Å². The minimum absolute atomic E-state index is 0.0191. The quantitative estimate of drug-likeness (QED) is 0.773. The molecular weight excluding hydrogens is 256 g/mol. The van der Waals surface area contributed by atoms with E-state index in [0.717, 1.165) is 5.75 Å². The number of nitrogens with zero attached hydrogens (tertiary/aromatic N) is 3. The van der Waals surface area contributed by atoms with Crippen LogP contribution in [0.1, 0.15) is 18.5 Å². The molecule has 0 spiro atoms. The fourth-order valence-electron chi connectivity index (χ4n) is 1.98. The van der Waals surface area contributed by atoms with Crippen LogP contribution in [0.15, 0.2) is 23.2 Å². The van der Waals surface area contributed by atoms with Crippen molar-refractivity contribution >= 4 is 16.9 Å². The molecule has 1 atom stereocenters. The molecule has 1 aliphatic rings. The van der Waals surface area contributed by atoms with Gasteiger partial charge >= 0.3 is 0 Å². The molecular formula is C12H11F2N3S. The van der Waals surface area contributed by atoms with Crippen LogP contribution in [-0.4, -0.2) is 22.4 Å². The monoisotopic (exact) mass is 267 g/mol. The highest BCUT2D eigenvalue weighted by atomic mass is 32.2. The number of halogens is 2. The van der Waals surface area contributed by atoms with E-state index in [1.54, 1.807) is 18.0 Å². The summed E-state index contributed by atoms with van der Waals surface area (Å²) in [6, 6.07) is 3.33. The standard InChI is InChI=1S/C12H11F2N3S/c1-8(11-9(13)3-2-4-10(11)14)17-5-6-18-12(17)16-7-15/h2-4,8H,5-6H2,1H3. The molecule has 1 saturated heterocycles. The molecule has 0 N–H and O–H groups in total. The molecule has 1 aromatic rings. The Bertz CT molecular complexity index is 504. The molecule has 0 bridgehead atoms. The lowest BCUT2D eigenvalue weighted by atomic mass is 10.1. The molecule has 94 valence electrons. The molecule has 2 rings (SSSR count). The maximum Gasteiger partial charge on any atom is 0.208 e. The van der Waals surface area contributed by atoms with Crippen molar-refractivity contribution in [2.45, 2.75) is 13.0 Å². The minimum atomic E-state index is -0.573. The molecule has 0 saturated carbocycles. The van der Waals surface area contributed by atoms with Gasteiger partial charge in [-0.05, 0) is 19.1 Å². The van der Waals surface area contributed by atoms with E-state index < -0.39 is 17.7 Å². The van der Waals surface area contributed by atoms with Crippen molar-refractivity contribution in [2.75, 3.05) is 12.3 Å². The van der Waals surface area contributed by atoms with Gasteiger partial charge in [0.05, 0.1) is 6.04 Å². The van der Waals surface area contributed by atoms with Crippen molar-refractivity contribution in [1.29, 1.82) is 5.26 Å². The van der Waals surface area contributed by atoms with Gasteiger partial charge < -0.3 is 4.90 Å². The summed E-state index contributed by atoms with van der Waals surface area (Å²) in [6.45, 7) is 2.33. The van der Waals surface area contributed by atoms with E-state index in [9.17, 15) is 8.78 Å². The van der Waals surface area contributed by atoms with Gasteiger partial charge in [-0.15, -0.1) is 4.99 Å². The van der Waals surface area contributed by atoms with Crippen LogP contribution in [0.5, 0.6) is 0 Å². The van der Waals surface area contributed by atoms with Gasteiger partial charge in [0.2, 0.25) is 6.19 Å². The van der Waals surface area contributed by atoms with Crippen LogP contribution in [0.3, 0.4) is 0 Å². The Morgan fingerprint density at radius 2 is 2.11 bits per heavy atom. The molecule has 0 amide bonds. The summed E-state index contributed by atoms with van der Waals surface area (Å²) in [5.74, 6) is -0.382. The van der Waals surface area contributed by atoms with Gasteiger partial charge in [0, 0.05) is 17.9 Å². The van der Waals surface area contributed by atoms with Gasteiger partial charge in [0.15, 0.2) is 5.17 Å². The predicted molar refractivity (Wildman–Crippen MR) is 67.0 cm³/mol. The summed E-state index contributed by atoms with van der Waals surface area (Å²) in [7, 11) is 0. The number of rotatable bonds is 2. The third-order valence-electron chi connectivity index (χ3n) is 2.84. The highest BCUT2D eigenvalue weighted by Crippen LogP contribution is 2.31. The smallest absolute Gasteiger partial charge is 0.208 e. The fourth-order valence-corrected chi connectivity index (χ4v) is 2.97. The minimum Gasteiger partial charge on any atom is -0.343 e. The Morgan fingerprint density at radius 3 is 2.72 bits per heavy atom. The third-order valence-corrected chi connectivity index (χ3v) is 3.81. The topological polar surface area (TPSA) is 39.4 Å². The summed E-state index contributed by atoms with van der Waals surface area (Å²) in [5.41, 5.74) is 0.0191. The van der Waals surface area contributed by atoms with Gasteiger partial charge in [0.1, 0.15) is 11.6 Å². The average molecular weight is 267 g/mol. The summed E-state index contributed by atoms with van der Waals surface area (Å²) in [5, 5.41) is 9.10. The summed E-state index contributed by atoms with van der Waals surface area (Å²) < 4.78 is 27.4. The predicted octanol–water partition coefficient (Wildman–Crippen LogP) is 2.91. The number of thioether (sulfide) groups is 1. The fraction of sp³-hybridized carbons (Fsp3) is 0.333. The molecule has 1 unspecified atom stereocenters. The van der Waals surface area contributed by atoms with E-state index in [-0.39, 0.29) is 5.56 Å². The zero-order valence-corrected chi connectivity index (χ0v) is 10.5. The maximum atomic E-state index is 13.7. The Hall–Kier alpha value is -1.61. The first-order chi connectivity index (χ1) is 8.65. The highest BCUT2D eigenvalue weighted by Gasteiger charge is 2.28. The molecule has 3 nitrogen and oxygen atoms in total. The summed E-state index contributed by atoms with van der Waals surface area (Å²) in [4.78, 5) is 5.42. The first-order valence-electron chi connectivity index (χ1n) is 5.45. The molecule has 0 radical (unpaired) electrons. The molecule has 18 heavy (non-hydrogen) atoms. The average Bonchev–Trinajstić information content (AvgIpc) is 2.77. The number of benzene rings is 1. The molecule has 1 aromatic carbocycles. The maximum absolute atomic E-state index is 13.7. The SMILES string of the molecule is CC(c1c(F)cccc1F)N1CCSC1=NC#N. The van der Waals surface area contributed by atoms with Gasteiger partial charge in [-0.2, -0.15) is 5.26 Å². The molecule has 1 heterocycles. The lowest BCUT2D eigenvalue weighted by Gasteiger charge is -2.26. The Labute approximate surface area is 108 Å². The van der Waals surface area contributed by atoms with E-state index in [2.05, 4.69) is 4.99 Å². The largest absolute Gasteiger partial charge is 0.343 e. The number of aliphatic imine (C=N–C) groups is 1. The lowest BCUT2D eigenvalue weighted by Crippen LogP contribution is -2.29. The van der Waals surface area contributed by atoms with Crippen LogP contribution in [-0.2, 0) is 0 Å². The van der Waals surface area contributed by atoms with Crippen molar-refractivity contribution in [3.05, 3.63) is 35.4 Å². The summed E-state index contributed by atoms with van der Waals surface area (Å²) >= 11 is 1.42. The van der Waals surface area contributed by atoms with Crippen LogP contribution < -0.4 is 0 Å². The molecule has 6 heteroatoms. The van der Waals surface area contributed by atoms with E-state index in [1.165, 1.54) is 30.0 Å². The van der Waals surface area contributed by atoms with Gasteiger partial charge in [0.25, 0.3) is 0 Å². The lowest BCUT2D eigenvalue weighted by molar-refractivity contribution is 0.347. The molecule has 0 aromatic heterocycles. The van der Waals surface area contributed by atoms with Crippen molar-refractivity contribution < 1.29 is 8.78 Å². The van der Waals surface area contributed by atoms with Crippen LogP contribution >= 0.6 is 11.8 Å². The normalized spacial score (nSPS) is 19.0. The second kappa shape index (κ2) is 5.36. The van der Waals surface area contributed by atoms with Gasteiger partial charge in [-0.3, -0.25) is 0 Å². The summed E-state index contributed by atoms with van der Waals surface area (Å²) in [6.07, 6.45) is 1.71. The zero-order valence-electron chi connectivity index (χ0n) is 9.73. The van der Waals surface area contributed by atoms with Crippen molar-refractivity contribution in [2.24, 2.45) is 4.99 Å². The van der Waals surface area contributed by atoms with Gasteiger partial charge in [-0.1, -0.05) is 17.8 Å². The number of hydrogen-bond donors (Lipinski definition) is 0. The first-order valence-corrected chi connectivity index (χ1v) is 6.44. The molecule has 0 aliphatic carbocycles. The van der Waals surface area contributed by atoms with E-state index >= 15 is 0 Å². The Kier molecular flexibility index (Phi) is 3.82. The molecule has 1 aliphatic heterocycles. The number of nitriles is 1. The second-order valence-corrected chi connectivity index (χ2v) is 4.91. The Morgan fingerprint density at radius 1 is 1.44 bits per heavy atom.